The van der Waals surface area contributed by atoms with Crippen molar-refractivity contribution in [1.29, 1.82) is 0 Å². The molecule has 76 valence electrons. The van der Waals surface area contributed by atoms with E-state index in [0.29, 0.717) is 6.54 Å². The smallest absolute Gasteiger partial charge is 0.317 e. The third-order valence-corrected chi connectivity index (χ3v) is 1.89. The maximum absolute atomic E-state index is 10.3. The van der Waals surface area contributed by atoms with Crippen molar-refractivity contribution in [3.63, 3.8) is 0 Å². The highest BCUT2D eigenvalue weighted by atomic mass is 16.4. The van der Waals surface area contributed by atoms with Crippen molar-refractivity contribution >= 4 is 5.97 Å². The molecule has 1 rings (SSSR count). The molecule has 3 nitrogen and oxygen atoms in total. The van der Waals surface area contributed by atoms with Gasteiger partial charge in [-0.1, -0.05) is 29.3 Å². The minimum Gasteiger partial charge on any atom is -0.480 e. The lowest BCUT2D eigenvalue weighted by molar-refractivity contribution is -0.135. The second kappa shape index (κ2) is 4.77. The fraction of sp³-hybridized carbons (Fsp3) is 0.364. The molecule has 0 heterocycles. The average Bonchev–Trinajstić information content (AvgIpc) is 2.01. The summed E-state index contributed by atoms with van der Waals surface area (Å²) in [6, 6.07) is 6.21. The van der Waals surface area contributed by atoms with Crippen LogP contribution in [-0.2, 0) is 11.3 Å². The van der Waals surface area contributed by atoms with Crippen molar-refractivity contribution in [2.75, 3.05) is 6.54 Å². The van der Waals surface area contributed by atoms with Gasteiger partial charge in [0.2, 0.25) is 0 Å². The normalized spacial score (nSPS) is 10.1. The van der Waals surface area contributed by atoms with Crippen molar-refractivity contribution in [3.8, 4) is 0 Å². The van der Waals surface area contributed by atoms with Crippen LogP contribution in [0.2, 0.25) is 0 Å². The number of carboxylic acids is 1. The highest BCUT2D eigenvalue weighted by Crippen LogP contribution is 2.08. The first-order chi connectivity index (χ1) is 6.58. The van der Waals surface area contributed by atoms with Crippen LogP contribution in [0, 0.1) is 13.8 Å². The van der Waals surface area contributed by atoms with Crippen LogP contribution in [0.1, 0.15) is 16.7 Å². The Bertz CT molecular complexity index is 314. The van der Waals surface area contributed by atoms with Crippen LogP contribution in [0.3, 0.4) is 0 Å². The van der Waals surface area contributed by atoms with Crippen molar-refractivity contribution in [3.05, 3.63) is 34.9 Å². The summed E-state index contributed by atoms with van der Waals surface area (Å²) < 4.78 is 0. The van der Waals surface area contributed by atoms with Gasteiger partial charge in [0.25, 0.3) is 0 Å². The van der Waals surface area contributed by atoms with E-state index in [2.05, 4.69) is 23.5 Å². The van der Waals surface area contributed by atoms with E-state index in [-0.39, 0.29) is 6.54 Å². The summed E-state index contributed by atoms with van der Waals surface area (Å²) in [5.41, 5.74) is 3.54. The Kier molecular flexibility index (Phi) is 3.65. The number of rotatable bonds is 4. The van der Waals surface area contributed by atoms with Crippen LogP contribution < -0.4 is 5.32 Å². The molecular weight excluding hydrogens is 178 g/mol. The molecule has 1 aromatic carbocycles. The average molecular weight is 193 g/mol. The van der Waals surface area contributed by atoms with E-state index in [0.717, 1.165) is 5.56 Å². The van der Waals surface area contributed by atoms with Crippen molar-refractivity contribution in [2.45, 2.75) is 20.4 Å². The van der Waals surface area contributed by atoms with E-state index in [9.17, 15) is 4.79 Å². The number of benzene rings is 1. The van der Waals surface area contributed by atoms with E-state index in [4.69, 9.17) is 5.11 Å². The standard InChI is InChI=1S/C11H15NO2/c1-8-3-9(2)5-10(4-8)6-12-7-11(13)14/h3-5,12H,6-7H2,1-2H3,(H,13,14). The third kappa shape index (κ3) is 3.58. The van der Waals surface area contributed by atoms with Gasteiger partial charge in [-0.15, -0.1) is 0 Å². The molecule has 0 saturated carbocycles. The van der Waals surface area contributed by atoms with E-state index in [1.165, 1.54) is 11.1 Å². The maximum Gasteiger partial charge on any atom is 0.317 e. The van der Waals surface area contributed by atoms with Gasteiger partial charge in [0.1, 0.15) is 0 Å². The monoisotopic (exact) mass is 193 g/mol. The Hall–Kier alpha value is -1.35. The Morgan fingerprint density at radius 1 is 1.29 bits per heavy atom. The Morgan fingerprint density at radius 2 is 1.86 bits per heavy atom. The first kappa shape index (κ1) is 10.7. The van der Waals surface area contributed by atoms with E-state index in [1.54, 1.807) is 0 Å². The molecule has 0 atom stereocenters. The SMILES string of the molecule is Cc1cc(C)cc(CNCC(=O)O)c1. The summed E-state index contributed by atoms with van der Waals surface area (Å²) >= 11 is 0. The lowest BCUT2D eigenvalue weighted by atomic mass is 10.1. The van der Waals surface area contributed by atoms with Gasteiger partial charge in [-0.25, -0.2) is 0 Å². The van der Waals surface area contributed by atoms with Gasteiger partial charge >= 0.3 is 5.97 Å². The summed E-state index contributed by atoms with van der Waals surface area (Å²) in [6.07, 6.45) is 0. The molecule has 0 radical (unpaired) electrons. The second-order valence-electron chi connectivity index (χ2n) is 3.49. The molecule has 0 aromatic heterocycles. The molecule has 0 aliphatic carbocycles. The van der Waals surface area contributed by atoms with Crippen molar-refractivity contribution < 1.29 is 9.90 Å². The number of aliphatic carboxylic acids is 1. The summed E-state index contributed by atoms with van der Waals surface area (Å²) in [7, 11) is 0. The van der Waals surface area contributed by atoms with E-state index >= 15 is 0 Å². The summed E-state index contributed by atoms with van der Waals surface area (Å²) in [5.74, 6) is -0.825. The topological polar surface area (TPSA) is 49.3 Å². The minimum atomic E-state index is -0.825. The van der Waals surface area contributed by atoms with Gasteiger partial charge in [-0.2, -0.15) is 0 Å². The lowest BCUT2D eigenvalue weighted by Gasteiger charge is -2.05. The molecular formula is C11H15NO2. The molecule has 1 aromatic rings. The Morgan fingerprint density at radius 3 is 2.36 bits per heavy atom. The minimum absolute atomic E-state index is 0.00693. The zero-order chi connectivity index (χ0) is 10.6. The number of hydrogen-bond acceptors (Lipinski definition) is 2. The van der Waals surface area contributed by atoms with Gasteiger partial charge in [0, 0.05) is 6.54 Å². The lowest BCUT2D eigenvalue weighted by Crippen LogP contribution is -2.21. The van der Waals surface area contributed by atoms with Gasteiger partial charge in [0.05, 0.1) is 6.54 Å². The first-order valence-corrected chi connectivity index (χ1v) is 4.57. The number of carbonyl (C=O) groups is 1. The van der Waals surface area contributed by atoms with Crippen LogP contribution in [0.15, 0.2) is 18.2 Å². The second-order valence-corrected chi connectivity index (χ2v) is 3.49. The summed E-state index contributed by atoms with van der Waals surface area (Å²) in [6.45, 7) is 4.68. The largest absolute Gasteiger partial charge is 0.480 e. The Labute approximate surface area is 83.8 Å². The molecule has 3 heteroatoms. The molecule has 0 saturated heterocycles. The number of aryl methyl sites for hydroxylation is 2. The van der Waals surface area contributed by atoms with E-state index in [1.807, 2.05) is 13.8 Å². The van der Waals surface area contributed by atoms with Crippen molar-refractivity contribution in [2.24, 2.45) is 0 Å². The Balaban J connectivity index is 2.54. The third-order valence-electron chi connectivity index (χ3n) is 1.89. The highest BCUT2D eigenvalue weighted by Gasteiger charge is 1.98. The van der Waals surface area contributed by atoms with Crippen LogP contribution >= 0.6 is 0 Å². The molecule has 14 heavy (non-hydrogen) atoms. The van der Waals surface area contributed by atoms with E-state index < -0.39 is 5.97 Å². The van der Waals surface area contributed by atoms with Gasteiger partial charge in [-0.3, -0.25) is 4.79 Å². The summed E-state index contributed by atoms with van der Waals surface area (Å²) in [5, 5.41) is 11.3. The summed E-state index contributed by atoms with van der Waals surface area (Å²) in [4.78, 5) is 10.3. The predicted octanol–water partition coefficient (Wildman–Crippen LogP) is 1.48. The van der Waals surface area contributed by atoms with Crippen molar-refractivity contribution in [1.82, 2.24) is 5.32 Å². The van der Waals surface area contributed by atoms with Gasteiger partial charge < -0.3 is 10.4 Å². The molecule has 0 fully saturated rings. The quantitative estimate of drug-likeness (QED) is 0.761. The molecule has 0 spiro atoms. The molecule has 0 amide bonds. The molecule has 0 bridgehead atoms. The number of hydrogen-bond donors (Lipinski definition) is 2. The van der Waals surface area contributed by atoms with Crippen LogP contribution in [0.5, 0.6) is 0 Å². The number of carboxylic acid groups (broad SMARTS) is 1. The fourth-order valence-corrected chi connectivity index (χ4v) is 1.48. The molecule has 2 N–H and O–H groups in total. The van der Waals surface area contributed by atoms with Gasteiger partial charge in [0.15, 0.2) is 0 Å². The van der Waals surface area contributed by atoms with Gasteiger partial charge in [-0.05, 0) is 19.4 Å². The number of nitrogens with one attached hydrogen (secondary N) is 1. The van der Waals surface area contributed by atoms with Crippen LogP contribution in [-0.4, -0.2) is 17.6 Å². The molecule has 0 aliphatic rings. The first-order valence-electron chi connectivity index (χ1n) is 4.57. The fourth-order valence-electron chi connectivity index (χ4n) is 1.48. The highest BCUT2D eigenvalue weighted by molar-refractivity contribution is 5.68. The molecule has 0 unspecified atom stereocenters. The maximum atomic E-state index is 10.3. The predicted molar refractivity (Wildman–Crippen MR) is 55.3 cm³/mol. The molecule has 0 aliphatic heterocycles. The van der Waals surface area contributed by atoms with Crippen LogP contribution in [0.25, 0.3) is 0 Å². The zero-order valence-corrected chi connectivity index (χ0v) is 8.50. The zero-order valence-electron chi connectivity index (χ0n) is 8.50. The van der Waals surface area contributed by atoms with Crippen LogP contribution in [0.4, 0.5) is 0 Å².